The Balaban J connectivity index is 2.04. The van der Waals surface area contributed by atoms with Crippen LogP contribution >= 0.6 is 0 Å². The third-order valence-electron chi connectivity index (χ3n) is 4.05. The van der Waals surface area contributed by atoms with E-state index in [1.54, 1.807) is 4.90 Å². The number of nitrogens with one attached hydrogen (secondary N) is 1. The van der Waals surface area contributed by atoms with E-state index in [-0.39, 0.29) is 17.3 Å². The molecule has 0 unspecified atom stereocenters. The smallest absolute Gasteiger partial charge is 0.311 e. The lowest BCUT2D eigenvalue weighted by Crippen LogP contribution is -3.14. The number of nitro groups is 1. The number of piperazine rings is 1. The highest BCUT2D eigenvalue weighted by molar-refractivity contribution is 5.81. The molecule has 7 nitrogen and oxygen atoms in total. The number of halogens is 1. The minimum absolute atomic E-state index is 0.228. The summed E-state index contributed by atoms with van der Waals surface area (Å²) in [6.45, 7) is 7.63. The van der Waals surface area contributed by atoms with E-state index < -0.39 is 16.8 Å². The van der Waals surface area contributed by atoms with Gasteiger partial charge in [-0.3, -0.25) is 14.9 Å². The van der Waals surface area contributed by atoms with E-state index in [1.165, 1.54) is 11.8 Å². The number of benzene rings is 1. The summed E-state index contributed by atoms with van der Waals surface area (Å²) in [7, 11) is 0. The van der Waals surface area contributed by atoms with Crippen molar-refractivity contribution in [3.8, 4) is 5.75 Å². The number of carbonyl (C=O) groups is 1. The van der Waals surface area contributed by atoms with Crippen molar-refractivity contribution in [2.24, 2.45) is 0 Å². The van der Waals surface area contributed by atoms with Crippen molar-refractivity contribution >= 4 is 11.6 Å². The molecule has 1 heterocycles. The Morgan fingerprint density at radius 3 is 2.70 bits per heavy atom. The summed E-state index contributed by atoms with van der Waals surface area (Å²) in [5.74, 6) is -1.11. The number of quaternary nitrogens is 1. The first-order valence-corrected chi connectivity index (χ1v) is 7.65. The first kappa shape index (κ1) is 17.1. The van der Waals surface area contributed by atoms with Crippen LogP contribution in [0, 0.1) is 15.9 Å². The maximum Gasteiger partial charge on any atom is 0.311 e. The van der Waals surface area contributed by atoms with Crippen molar-refractivity contribution in [1.29, 1.82) is 0 Å². The minimum Gasteiger partial charge on any atom is -0.474 e. The Morgan fingerprint density at radius 1 is 1.48 bits per heavy atom. The molecule has 1 saturated heterocycles. The van der Waals surface area contributed by atoms with Gasteiger partial charge in [-0.2, -0.15) is 0 Å². The zero-order valence-corrected chi connectivity index (χ0v) is 13.3. The summed E-state index contributed by atoms with van der Waals surface area (Å²) in [6.07, 6.45) is -0.904. The van der Waals surface area contributed by atoms with Crippen molar-refractivity contribution in [3.63, 3.8) is 0 Å². The highest BCUT2D eigenvalue weighted by Crippen LogP contribution is 2.28. The van der Waals surface area contributed by atoms with Crippen LogP contribution in [0.15, 0.2) is 18.2 Å². The second kappa shape index (κ2) is 7.36. The minimum atomic E-state index is -0.904. The van der Waals surface area contributed by atoms with Gasteiger partial charge in [0.1, 0.15) is 5.82 Å². The molecule has 1 aromatic rings. The molecule has 1 N–H and O–H groups in total. The zero-order valence-electron chi connectivity index (χ0n) is 13.3. The predicted octanol–water partition coefficient (Wildman–Crippen LogP) is 0.248. The highest BCUT2D eigenvalue weighted by atomic mass is 19.1. The summed E-state index contributed by atoms with van der Waals surface area (Å²) in [4.78, 5) is 25.8. The van der Waals surface area contributed by atoms with Gasteiger partial charge in [0.05, 0.1) is 37.6 Å². The lowest BCUT2D eigenvalue weighted by Gasteiger charge is -2.33. The van der Waals surface area contributed by atoms with Crippen molar-refractivity contribution in [1.82, 2.24) is 4.90 Å². The van der Waals surface area contributed by atoms with Crippen LogP contribution in [0.3, 0.4) is 0 Å². The summed E-state index contributed by atoms with van der Waals surface area (Å²) in [6, 6.07) is 2.95. The van der Waals surface area contributed by atoms with Crippen LogP contribution < -0.4 is 9.64 Å². The van der Waals surface area contributed by atoms with Gasteiger partial charge in [-0.05, 0) is 19.9 Å². The molecule has 23 heavy (non-hydrogen) atoms. The van der Waals surface area contributed by atoms with E-state index in [1.807, 2.05) is 0 Å². The van der Waals surface area contributed by atoms with Crippen LogP contribution in [0.1, 0.15) is 13.8 Å². The summed E-state index contributed by atoms with van der Waals surface area (Å²) in [5, 5.41) is 11.0. The summed E-state index contributed by atoms with van der Waals surface area (Å²) >= 11 is 0. The van der Waals surface area contributed by atoms with Gasteiger partial charge in [-0.1, -0.05) is 0 Å². The molecule has 1 aliphatic heterocycles. The number of ether oxygens (including phenoxy) is 1. The summed E-state index contributed by atoms with van der Waals surface area (Å²) < 4.78 is 18.7. The molecule has 0 bridgehead atoms. The van der Waals surface area contributed by atoms with Gasteiger partial charge in [-0.25, -0.2) is 4.39 Å². The van der Waals surface area contributed by atoms with E-state index >= 15 is 0 Å². The van der Waals surface area contributed by atoms with Gasteiger partial charge < -0.3 is 14.5 Å². The Hall–Kier alpha value is -2.22. The number of amides is 1. The molecule has 2 rings (SSSR count). The Morgan fingerprint density at radius 2 is 2.13 bits per heavy atom. The monoisotopic (exact) mass is 326 g/mol. The number of nitro benzene ring substituents is 1. The first-order chi connectivity index (χ1) is 10.9. The molecular formula is C15H21FN3O4+. The van der Waals surface area contributed by atoms with Gasteiger partial charge in [0, 0.05) is 12.1 Å². The molecule has 0 spiro atoms. The molecular weight excluding hydrogens is 305 g/mol. The third kappa shape index (κ3) is 4.16. The van der Waals surface area contributed by atoms with Crippen LogP contribution in [-0.4, -0.2) is 54.6 Å². The number of likely N-dealkylation sites (N-methyl/N-ethyl adjacent to an activating group) is 1. The second-order valence-corrected chi connectivity index (χ2v) is 5.56. The van der Waals surface area contributed by atoms with Crippen LogP contribution in [-0.2, 0) is 4.79 Å². The highest BCUT2D eigenvalue weighted by Gasteiger charge is 2.29. The average Bonchev–Trinajstić information content (AvgIpc) is 2.54. The maximum absolute atomic E-state index is 13.3. The van der Waals surface area contributed by atoms with E-state index in [0.29, 0.717) is 13.1 Å². The molecule has 1 atom stereocenters. The van der Waals surface area contributed by atoms with E-state index in [2.05, 4.69) is 6.92 Å². The molecule has 1 aliphatic rings. The van der Waals surface area contributed by atoms with E-state index in [9.17, 15) is 19.3 Å². The fourth-order valence-corrected chi connectivity index (χ4v) is 2.63. The van der Waals surface area contributed by atoms with Crippen molar-refractivity contribution < 1.29 is 23.7 Å². The molecule has 126 valence electrons. The number of nitrogens with zero attached hydrogens (tertiary/aromatic N) is 2. The molecule has 0 radical (unpaired) electrons. The van der Waals surface area contributed by atoms with Crippen molar-refractivity contribution in [2.75, 3.05) is 32.7 Å². The maximum atomic E-state index is 13.3. The van der Waals surface area contributed by atoms with E-state index in [0.717, 1.165) is 37.8 Å². The first-order valence-electron chi connectivity index (χ1n) is 7.65. The largest absolute Gasteiger partial charge is 0.474 e. The number of rotatable bonds is 5. The lowest BCUT2D eigenvalue weighted by molar-refractivity contribution is -0.902. The molecule has 1 amide bonds. The normalized spacial score (nSPS) is 16.9. The van der Waals surface area contributed by atoms with Gasteiger partial charge in [0.15, 0.2) is 6.10 Å². The Bertz CT molecular complexity index is 588. The fourth-order valence-electron chi connectivity index (χ4n) is 2.63. The van der Waals surface area contributed by atoms with Gasteiger partial charge in [0.25, 0.3) is 5.91 Å². The number of carbonyl (C=O) groups excluding carboxylic acids is 1. The topological polar surface area (TPSA) is 77.1 Å². The molecule has 0 saturated carbocycles. The summed E-state index contributed by atoms with van der Waals surface area (Å²) in [5.41, 5.74) is -0.355. The zero-order chi connectivity index (χ0) is 17.0. The quantitative estimate of drug-likeness (QED) is 0.621. The molecule has 0 aliphatic carbocycles. The van der Waals surface area contributed by atoms with Gasteiger partial charge >= 0.3 is 5.69 Å². The molecule has 1 aromatic carbocycles. The van der Waals surface area contributed by atoms with Crippen molar-refractivity contribution in [3.05, 3.63) is 34.1 Å². The van der Waals surface area contributed by atoms with Crippen LogP contribution in [0.25, 0.3) is 0 Å². The fraction of sp³-hybridized carbons (Fsp3) is 0.533. The Labute approximate surface area is 133 Å². The van der Waals surface area contributed by atoms with Crippen molar-refractivity contribution in [2.45, 2.75) is 20.0 Å². The van der Waals surface area contributed by atoms with Crippen LogP contribution in [0.5, 0.6) is 5.75 Å². The van der Waals surface area contributed by atoms with E-state index in [4.69, 9.17) is 4.74 Å². The Kier molecular flexibility index (Phi) is 5.49. The van der Waals surface area contributed by atoms with Crippen LogP contribution in [0.4, 0.5) is 10.1 Å². The standard InChI is InChI=1S/C15H20FN3O4/c1-3-17-6-8-18(9-7-17)15(20)11(2)23-14-10-12(16)4-5-13(14)19(21)22/h4-5,10-11H,3,6-9H2,1-2H3/p+1/t11-/m1/s1. The number of hydrogen-bond donors (Lipinski definition) is 1. The lowest BCUT2D eigenvalue weighted by atomic mass is 10.2. The SMILES string of the molecule is CC[NH+]1CCN(C(=O)[C@@H](C)Oc2cc(F)ccc2[N+](=O)[O-])CC1. The average molecular weight is 326 g/mol. The second-order valence-electron chi connectivity index (χ2n) is 5.56. The number of hydrogen-bond acceptors (Lipinski definition) is 4. The van der Waals surface area contributed by atoms with Gasteiger partial charge in [0.2, 0.25) is 5.75 Å². The molecule has 8 heteroatoms. The van der Waals surface area contributed by atoms with Gasteiger partial charge in [-0.15, -0.1) is 0 Å². The molecule has 0 aromatic heterocycles. The predicted molar refractivity (Wildman–Crippen MR) is 81.0 cm³/mol. The molecule has 1 fully saturated rings. The van der Waals surface area contributed by atoms with Crippen LogP contribution in [0.2, 0.25) is 0 Å². The third-order valence-corrected chi connectivity index (χ3v) is 4.05.